The fourth-order valence-electron chi connectivity index (χ4n) is 1.99. The first-order valence-corrected chi connectivity index (χ1v) is 8.47. The molecule has 0 fully saturated rings. The van der Waals surface area contributed by atoms with Crippen LogP contribution in [0.3, 0.4) is 0 Å². The van der Waals surface area contributed by atoms with E-state index in [1.54, 1.807) is 11.8 Å². The van der Waals surface area contributed by atoms with Gasteiger partial charge in [-0.25, -0.2) is 0 Å². The van der Waals surface area contributed by atoms with Gasteiger partial charge in [-0.3, -0.25) is 4.79 Å². The first-order chi connectivity index (χ1) is 10.7. The smallest absolute Gasteiger partial charge is 0.230 e. The minimum Gasteiger partial charge on any atom is -0.492 e. The highest BCUT2D eigenvalue weighted by Gasteiger charge is 2.02. The van der Waals surface area contributed by atoms with Crippen LogP contribution in [-0.2, 0) is 10.5 Å². The van der Waals surface area contributed by atoms with Gasteiger partial charge in [-0.1, -0.05) is 48.0 Å². The molecule has 4 heteroatoms. The number of para-hydroxylation sites is 1. The number of aryl methyl sites for hydroxylation is 1. The van der Waals surface area contributed by atoms with Crippen LogP contribution in [0.5, 0.6) is 5.75 Å². The van der Waals surface area contributed by atoms with Crippen molar-refractivity contribution in [3.8, 4) is 5.75 Å². The third-order valence-electron chi connectivity index (χ3n) is 3.02. The summed E-state index contributed by atoms with van der Waals surface area (Å²) in [6.07, 6.45) is 0. The lowest BCUT2D eigenvalue weighted by Gasteiger charge is -2.07. The van der Waals surface area contributed by atoms with Gasteiger partial charge in [0.1, 0.15) is 12.4 Å². The maximum atomic E-state index is 11.7. The molecule has 0 bridgehead atoms. The van der Waals surface area contributed by atoms with Crippen LogP contribution in [0.1, 0.15) is 11.1 Å². The second kappa shape index (κ2) is 9.15. The fourth-order valence-corrected chi connectivity index (χ4v) is 2.80. The Kier molecular flexibility index (Phi) is 6.84. The maximum Gasteiger partial charge on any atom is 0.230 e. The highest BCUT2D eigenvalue weighted by Crippen LogP contribution is 2.13. The molecule has 0 atom stereocenters. The van der Waals surface area contributed by atoms with E-state index >= 15 is 0 Å². The maximum absolute atomic E-state index is 11.7. The molecule has 1 amide bonds. The van der Waals surface area contributed by atoms with Crippen LogP contribution in [0.2, 0.25) is 0 Å². The second-order valence-electron chi connectivity index (χ2n) is 4.99. The molecule has 0 aliphatic heterocycles. The third-order valence-corrected chi connectivity index (χ3v) is 4.02. The lowest BCUT2D eigenvalue weighted by atomic mass is 10.2. The van der Waals surface area contributed by atoms with Crippen LogP contribution in [0.15, 0.2) is 54.6 Å². The van der Waals surface area contributed by atoms with Gasteiger partial charge in [0.05, 0.1) is 12.3 Å². The van der Waals surface area contributed by atoms with E-state index in [1.807, 2.05) is 36.4 Å². The van der Waals surface area contributed by atoms with Gasteiger partial charge in [0, 0.05) is 5.75 Å². The van der Waals surface area contributed by atoms with E-state index in [0.717, 1.165) is 11.5 Å². The number of nitrogens with one attached hydrogen (secondary N) is 1. The zero-order chi connectivity index (χ0) is 15.6. The number of carbonyl (C=O) groups excluding carboxylic acids is 1. The van der Waals surface area contributed by atoms with Crippen molar-refractivity contribution in [2.24, 2.45) is 0 Å². The van der Waals surface area contributed by atoms with Gasteiger partial charge in [-0.2, -0.15) is 0 Å². The number of amides is 1. The van der Waals surface area contributed by atoms with Crippen LogP contribution in [0, 0.1) is 6.92 Å². The van der Waals surface area contributed by atoms with E-state index in [9.17, 15) is 4.79 Å². The van der Waals surface area contributed by atoms with E-state index in [1.165, 1.54) is 11.1 Å². The molecule has 0 aliphatic carbocycles. The highest BCUT2D eigenvalue weighted by molar-refractivity contribution is 7.99. The molecule has 0 saturated carbocycles. The van der Waals surface area contributed by atoms with Crippen molar-refractivity contribution in [1.29, 1.82) is 0 Å². The van der Waals surface area contributed by atoms with Crippen LogP contribution < -0.4 is 10.1 Å². The van der Waals surface area contributed by atoms with Gasteiger partial charge < -0.3 is 10.1 Å². The summed E-state index contributed by atoms with van der Waals surface area (Å²) in [6.45, 7) is 3.09. The summed E-state index contributed by atoms with van der Waals surface area (Å²) in [7, 11) is 0. The molecule has 2 rings (SSSR count). The summed E-state index contributed by atoms with van der Waals surface area (Å²) in [5.74, 6) is 2.20. The standard InChI is InChI=1S/C18H21NO2S/c1-15-6-5-7-16(12-15)13-22-14-18(20)19-10-11-21-17-8-3-2-4-9-17/h2-9,12H,10-11,13-14H2,1H3,(H,19,20). The highest BCUT2D eigenvalue weighted by atomic mass is 32.2. The molecule has 2 aromatic rings. The Morgan fingerprint density at radius 2 is 1.95 bits per heavy atom. The summed E-state index contributed by atoms with van der Waals surface area (Å²) >= 11 is 1.62. The van der Waals surface area contributed by atoms with Crippen molar-refractivity contribution in [2.75, 3.05) is 18.9 Å². The number of hydrogen-bond acceptors (Lipinski definition) is 3. The minimum absolute atomic E-state index is 0.0503. The van der Waals surface area contributed by atoms with E-state index in [4.69, 9.17) is 4.74 Å². The zero-order valence-corrected chi connectivity index (χ0v) is 13.6. The Balaban J connectivity index is 1.56. The SMILES string of the molecule is Cc1cccc(CSCC(=O)NCCOc2ccccc2)c1. The Labute approximate surface area is 136 Å². The molecule has 0 heterocycles. The second-order valence-corrected chi connectivity index (χ2v) is 5.98. The van der Waals surface area contributed by atoms with Gasteiger partial charge in [-0.05, 0) is 24.6 Å². The Hall–Kier alpha value is -1.94. The molecule has 2 aromatic carbocycles. The van der Waals surface area contributed by atoms with Crippen molar-refractivity contribution >= 4 is 17.7 Å². The van der Waals surface area contributed by atoms with Crippen LogP contribution in [-0.4, -0.2) is 24.8 Å². The normalized spacial score (nSPS) is 10.2. The summed E-state index contributed by atoms with van der Waals surface area (Å²) in [5, 5.41) is 2.87. The van der Waals surface area contributed by atoms with Crippen molar-refractivity contribution < 1.29 is 9.53 Å². The molecule has 0 aromatic heterocycles. The summed E-state index contributed by atoms with van der Waals surface area (Å²) in [6, 6.07) is 18.0. The van der Waals surface area contributed by atoms with E-state index in [2.05, 4.69) is 30.4 Å². The average molecular weight is 315 g/mol. The van der Waals surface area contributed by atoms with Crippen LogP contribution >= 0.6 is 11.8 Å². The first-order valence-electron chi connectivity index (χ1n) is 7.32. The monoisotopic (exact) mass is 315 g/mol. The number of hydrogen-bond donors (Lipinski definition) is 1. The van der Waals surface area contributed by atoms with E-state index in [0.29, 0.717) is 18.9 Å². The molecular weight excluding hydrogens is 294 g/mol. The van der Waals surface area contributed by atoms with E-state index in [-0.39, 0.29) is 5.91 Å². The minimum atomic E-state index is 0.0503. The van der Waals surface area contributed by atoms with Crippen molar-refractivity contribution in [3.05, 3.63) is 65.7 Å². The molecule has 0 spiro atoms. The quantitative estimate of drug-likeness (QED) is 0.759. The Morgan fingerprint density at radius 1 is 1.14 bits per heavy atom. The molecule has 0 saturated heterocycles. The van der Waals surface area contributed by atoms with Gasteiger partial charge in [-0.15, -0.1) is 11.8 Å². The van der Waals surface area contributed by atoms with Crippen molar-refractivity contribution in [2.45, 2.75) is 12.7 Å². The Morgan fingerprint density at radius 3 is 2.73 bits per heavy atom. The van der Waals surface area contributed by atoms with Gasteiger partial charge in [0.25, 0.3) is 0 Å². The zero-order valence-electron chi connectivity index (χ0n) is 12.7. The van der Waals surface area contributed by atoms with Gasteiger partial charge in [0.15, 0.2) is 0 Å². The van der Waals surface area contributed by atoms with Gasteiger partial charge in [0.2, 0.25) is 5.91 Å². The van der Waals surface area contributed by atoms with Gasteiger partial charge >= 0.3 is 0 Å². The largest absolute Gasteiger partial charge is 0.492 e. The number of thioether (sulfide) groups is 1. The average Bonchev–Trinajstić information content (AvgIpc) is 2.53. The lowest BCUT2D eigenvalue weighted by molar-refractivity contribution is -0.118. The fraction of sp³-hybridized carbons (Fsp3) is 0.278. The summed E-state index contributed by atoms with van der Waals surface area (Å²) < 4.78 is 5.52. The number of carbonyl (C=O) groups is 1. The van der Waals surface area contributed by atoms with Crippen LogP contribution in [0.25, 0.3) is 0 Å². The lowest BCUT2D eigenvalue weighted by Crippen LogP contribution is -2.29. The molecule has 0 aliphatic rings. The molecule has 1 N–H and O–H groups in total. The molecular formula is C18H21NO2S. The summed E-state index contributed by atoms with van der Waals surface area (Å²) in [5.41, 5.74) is 2.51. The molecule has 22 heavy (non-hydrogen) atoms. The predicted molar refractivity (Wildman–Crippen MR) is 92.3 cm³/mol. The van der Waals surface area contributed by atoms with Crippen molar-refractivity contribution in [3.63, 3.8) is 0 Å². The number of rotatable bonds is 8. The first kappa shape index (κ1) is 16.4. The topological polar surface area (TPSA) is 38.3 Å². The molecule has 116 valence electrons. The molecule has 3 nitrogen and oxygen atoms in total. The van der Waals surface area contributed by atoms with E-state index < -0.39 is 0 Å². The summed E-state index contributed by atoms with van der Waals surface area (Å²) in [4.78, 5) is 11.7. The molecule has 0 radical (unpaired) electrons. The molecule has 0 unspecified atom stereocenters. The third kappa shape index (κ3) is 6.22. The Bertz CT molecular complexity index is 587. The number of benzene rings is 2. The van der Waals surface area contributed by atoms with Crippen LogP contribution in [0.4, 0.5) is 0 Å². The number of ether oxygens (including phenoxy) is 1. The van der Waals surface area contributed by atoms with Crippen molar-refractivity contribution in [1.82, 2.24) is 5.32 Å². The predicted octanol–water partition coefficient (Wildman–Crippen LogP) is 3.42.